The number of amides is 1. The molecule has 0 spiro atoms. The predicted octanol–water partition coefficient (Wildman–Crippen LogP) is 3.76. The summed E-state index contributed by atoms with van der Waals surface area (Å²) in [4.78, 5) is 23.6. The van der Waals surface area contributed by atoms with Crippen LogP contribution in [0.1, 0.15) is 54.4 Å². The molecule has 0 radical (unpaired) electrons. The molecule has 1 aromatic carbocycles. The average Bonchev–Trinajstić information content (AvgIpc) is 3.09. The number of nitrogens with zero attached hydrogens (tertiary/aromatic N) is 3. The van der Waals surface area contributed by atoms with Crippen molar-refractivity contribution >= 4 is 17.5 Å². The summed E-state index contributed by atoms with van der Waals surface area (Å²) in [5, 5.41) is 2.92. The predicted molar refractivity (Wildman–Crippen MR) is 96.7 cm³/mol. The Morgan fingerprint density at radius 1 is 1.12 bits per heavy atom. The van der Waals surface area contributed by atoms with Crippen LogP contribution < -0.4 is 10.2 Å². The molecule has 1 N–H and O–H groups in total. The average molecular weight is 324 g/mol. The summed E-state index contributed by atoms with van der Waals surface area (Å²) in [6.07, 6.45) is 2.31. The van der Waals surface area contributed by atoms with Gasteiger partial charge in [-0.25, -0.2) is 9.97 Å². The van der Waals surface area contributed by atoms with E-state index in [1.165, 1.54) is 5.56 Å². The summed E-state index contributed by atoms with van der Waals surface area (Å²) in [7, 11) is 0. The van der Waals surface area contributed by atoms with Crippen LogP contribution in [0.4, 0.5) is 11.6 Å². The van der Waals surface area contributed by atoms with Gasteiger partial charge in [-0.3, -0.25) is 4.79 Å². The zero-order valence-corrected chi connectivity index (χ0v) is 14.5. The van der Waals surface area contributed by atoms with Crippen molar-refractivity contribution in [2.45, 2.75) is 39.5 Å². The van der Waals surface area contributed by atoms with E-state index >= 15 is 0 Å². The third-order valence-corrected chi connectivity index (χ3v) is 4.30. The van der Waals surface area contributed by atoms with E-state index in [1.807, 2.05) is 31.2 Å². The van der Waals surface area contributed by atoms with Crippen LogP contribution in [-0.4, -0.2) is 29.0 Å². The highest BCUT2D eigenvalue weighted by Gasteiger charge is 2.18. The Bertz CT molecular complexity index is 719. The highest BCUT2D eigenvalue weighted by atomic mass is 16.1. The lowest BCUT2D eigenvalue weighted by Crippen LogP contribution is -2.23. The number of rotatable bonds is 4. The molecule has 5 nitrogen and oxygen atoms in total. The van der Waals surface area contributed by atoms with Crippen LogP contribution in [0, 0.1) is 6.92 Å². The molecular weight excluding hydrogens is 300 g/mol. The highest BCUT2D eigenvalue weighted by molar-refractivity contribution is 6.03. The van der Waals surface area contributed by atoms with Crippen LogP contribution in [0.15, 0.2) is 30.3 Å². The molecule has 126 valence electrons. The van der Waals surface area contributed by atoms with Gasteiger partial charge >= 0.3 is 0 Å². The number of carbonyl (C=O) groups excluding carboxylic acids is 1. The van der Waals surface area contributed by atoms with Crippen molar-refractivity contribution in [2.75, 3.05) is 23.3 Å². The third kappa shape index (κ3) is 3.72. The maximum absolute atomic E-state index is 12.5. The fraction of sp³-hybridized carbons (Fsp3) is 0.421. The SMILES string of the molecule is Cc1cc(C(=O)Nc2ccc(C(C)C)cc2)nc(N2CCCC2)n1. The normalized spacial score (nSPS) is 14.2. The lowest BCUT2D eigenvalue weighted by atomic mass is 10.0. The summed E-state index contributed by atoms with van der Waals surface area (Å²) in [6, 6.07) is 9.69. The van der Waals surface area contributed by atoms with Crippen LogP contribution >= 0.6 is 0 Å². The van der Waals surface area contributed by atoms with Gasteiger partial charge in [0, 0.05) is 24.5 Å². The van der Waals surface area contributed by atoms with Gasteiger partial charge in [0.25, 0.3) is 5.91 Å². The minimum atomic E-state index is -0.196. The summed E-state index contributed by atoms with van der Waals surface area (Å²) in [6.45, 7) is 8.12. The van der Waals surface area contributed by atoms with E-state index < -0.39 is 0 Å². The molecule has 0 unspecified atom stereocenters. The zero-order chi connectivity index (χ0) is 17.1. The number of aromatic nitrogens is 2. The molecule has 2 heterocycles. The van der Waals surface area contributed by atoms with Gasteiger partial charge in [0.05, 0.1) is 0 Å². The van der Waals surface area contributed by atoms with E-state index in [0.717, 1.165) is 37.3 Å². The van der Waals surface area contributed by atoms with Crippen molar-refractivity contribution in [1.82, 2.24) is 9.97 Å². The van der Waals surface area contributed by atoms with Gasteiger partial charge < -0.3 is 10.2 Å². The fourth-order valence-corrected chi connectivity index (χ4v) is 2.87. The van der Waals surface area contributed by atoms with E-state index in [2.05, 4.69) is 34.0 Å². The maximum Gasteiger partial charge on any atom is 0.274 e. The van der Waals surface area contributed by atoms with E-state index in [9.17, 15) is 4.79 Å². The Morgan fingerprint density at radius 2 is 1.79 bits per heavy atom. The lowest BCUT2D eigenvalue weighted by Gasteiger charge is -2.16. The van der Waals surface area contributed by atoms with Crippen LogP contribution in [0.25, 0.3) is 0 Å². The third-order valence-electron chi connectivity index (χ3n) is 4.30. The molecule has 1 aromatic heterocycles. The van der Waals surface area contributed by atoms with Gasteiger partial charge in [0.1, 0.15) is 5.69 Å². The number of carbonyl (C=O) groups is 1. The Labute approximate surface area is 143 Å². The summed E-state index contributed by atoms with van der Waals surface area (Å²) < 4.78 is 0. The van der Waals surface area contributed by atoms with Gasteiger partial charge in [0.15, 0.2) is 0 Å². The quantitative estimate of drug-likeness (QED) is 0.930. The Morgan fingerprint density at radius 3 is 2.42 bits per heavy atom. The number of benzene rings is 1. The van der Waals surface area contributed by atoms with Crippen molar-refractivity contribution in [3.05, 3.63) is 47.3 Å². The van der Waals surface area contributed by atoms with E-state index in [1.54, 1.807) is 6.07 Å². The first-order valence-electron chi connectivity index (χ1n) is 8.55. The smallest absolute Gasteiger partial charge is 0.274 e. The maximum atomic E-state index is 12.5. The molecule has 1 saturated heterocycles. The van der Waals surface area contributed by atoms with Crippen molar-refractivity contribution in [3.63, 3.8) is 0 Å². The molecule has 1 aliphatic heterocycles. The molecular formula is C19H24N4O. The molecule has 3 rings (SSSR count). The van der Waals surface area contributed by atoms with Crippen LogP contribution in [-0.2, 0) is 0 Å². The number of hydrogen-bond acceptors (Lipinski definition) is 4. The van der Waals surface area contributed by atoms with Gasteiger partial charge in [-0.05, 0) is 49.4 Å². The van der Waals surface area contributed by atoms with E-state index in [-0.39, 0.29) is 5.91 Å². The number of anilines is 2. The van der Waals surface area contributed by atoms with Crippen molar-refractivity contribution in [3.8, 4) is 0 Å². The standard InChI is InChI=1S/C19H24N4O/c1-13(2)15-6-8-16(9-7-15)21-18(24)17-12-14(3)20-19(22-17)23-10-4-5-11-23/h6-9,12-13H,4-5,10-11H2,1-3H3,(H,21,24). The van der Waals surface area contributed by atoms with Gasteiger partial charge in [0.2, 0.25) is 5.95 Å². The summed E-state index contributed by atoms with van der Waals surface area (Å²) in [5.74, 6) is 0.938. The van der Waals surface area contributed by atoms with E-state index in [4.69, 9.17) is 0 Å². The Kier molecular flexibility index (Phi) is 4.79. The topological polar surface area (TPSA) is 58.1 Å². The van der Waals surface area contributed by atoms with Crippen molar-refractivity contribution in [1.29, 1.82) is 0 Å². The first-order valence-corrected chi connectivity index (χ1v) is 8.55. The minimum Gasteiger partial charge on any atom is -0.341 e. The molecule has 1 amide bonds. The van der Waals surface area contributed by atoms with Crippen molar-refractivity contribution < 1.29 is 4.79 Å². The molecule has 2 aromatic rings. The molecule has 0 saturated carbocycles. The van der Waals surface area contributed by atoms with Crippen LogP contribution in [0.5, 0.6) is 0 Å². The molecule has 1 fully saturated rings. The zero-order valence-electron chi connectivity index (χ0n) is 14.5. The van der Waals surface area contributed by atoms with Gasteiger partial charge in [-0.2, -0.15) is 0 Å². The molecule has 0 aliphatic carbocycles. The second kappa shape index (κ2) is 6.99. The Balaban J connectivity index is 1.76. The monoisotopic (exact) mass is 324 g/mol. The van der Waals surface area contributed by atoms with Crippen LogP contribution in [0.3, 0.4) is 0 Å². The molecule has 1 aliphatic rings. The highest BCUT2D eigenvalue weighted by Crippen LogP contribution is 2.19. The first-order chi connectivity index (χ1) is 11.5. The minimum absolute atomic E-state index is 0.196. The summed E-state index contributed by atoms with van der Waals surface area (Å²) in [5.41, 5.74) is 3.26. The molecule has 0 bridgehead atoms. The molecule has 0 atom stereocenters. The second-order valence-corrected chi connectivity index (χ2v) is 6.62. The molecule has 24 heavy (non-hydrogen) atoms. The molecule has 5 heteroatoms. The van der Waals surface area contributed by atoms with Crippen LogP contribution in [0.2, 0.25) is 0 Å². The van der Waals surface area contributed by atoms with Gasteiger partial charge in [-0.1, -0.05) is 26.0 Å². The summed E-state index contributed by atoms with van der Waals surface area (Å²) >= 11 is 0. The second-order valence-electron chi connectivity index (χ2n) is 6.62. The number of hydrogen-bond donors (Lipinski definition) is 1. The van der Waals surface area contributed by atoms with Crippen molar-refractivity contribution in [2.24, 2.45) is 0 Å². The van der Waals surface area contributed by atoms with E-state index in [0.29, 0.717) is 17.6 Å². The lowest BCUT2D eigenvalue weighted by molar-refractivity contribution is 0.102. The fourth-order valence-electron chi connectivity index (χ4n) is 2.87. The largest absolute Gasteiger partial charge is 0.341 e. The number of aryl methyl sites for hydroxylation is 1. The first kappa shape index (κ1) is 16.4. The number of nitrogens with one attached hydrogen (secondary N) is 1. The van der Waals surface area contributed by atoms with Gasteiger partial charge in [-0.15, -0.1) is 0 Å². The Hall–Kier alpha value is -2.43.